The number of thiazole rings is 1. The number of benzene rings is 6. The molecule has 97 heavy (non-hydrogen) atoms. The van der Waals surface area contributed by atoms with E-state index in [4.69, 9.17) is 33.2 Å². The molecule has 16 nitrogen and oxygen atoms in total. The van der Waals surface area contributed by atoms with E-state index >= 15 is 0 Å². The lowest BCUT2D eigenvalue weighted by atomic mass is 10.1. The summed E-state index contributed by atoms with van der Waals surface area (Å²) in [5, 5.41) is 4.70. The lowest BCUT2D eigenvalue weighted by Crippen LogP contribution is -2.17. The second-order valence-corrected chi connectivity index (χ2v) is 22.7. The summed E-state index contributed by atoms with van der Waals surface area (Å²) in [6, 6.07) is 31.2. The first kappa shape index (κ1) is 75.5. The summed E-state index contributed by atoms with van der Waals surface area (Å²) in [4.78, 5) is 74.4. The summed E-state index contributed by atoms with van der Waals surface area (Å²) >= 11 is 3.09. The number of nitrogens with zero attached hydrogens (tertiary/aromatic N) is 1. The zero-order chi connectivity index (χ0) is 70.0. The molecule has 2 N–H and O–H groups in total. The number of hydrogen-bond acceptors (Lipinski definition) is 16. The molecule has 0 atom stereocenters. The molecule has 0 aliphatic rings. The molecule has 0 spiro atoms. The van der Waals surface area contributed by atoms with Gasteiger partial charge in [-0.15, -0.1) is 11.3 Å². The summed E-state index contributed by atoms with van der Waals surface area (Å²) in [6.45, 7) is 15.5. The van der Waals surface area contributed by atoms with Gasteiger partial charge >= 0.3 is 36.2 Å². The van der Waals surface area contributed by atoms with Crippen LogP contribution >= 0.6 is 23.1 Å². The van der Waals surface area contributed by atoms with Crippen molar-refractivity contribution in [2.24, 2.45) is 0 Å². The number of anilines is 2. The van der Waals surface area contributed by atoms with Gasteiger partial charge in [0.05, 0.1) is 79.0 Å². The van der Waals surface area contributed by atoms with E-state index in [-0.39, 0.29) is 47.8 Å². The number of rotatable bonds is 32. The fourth-order valence-electron chi connectivity index (χ4n) is 8.16. The number of carbonyl (C=O) groups is 6. The number of esters is 4. The predicted molar refractivity (Wildman–Crippen MR) is 358 cm³/mol. The van der Waals surface area contributed by atoms with Gasteiger partial charge in [-0.2, -0.15) is 26.3 Å². The number of halogens is 6. The molecule has 0 aliphatic carbocycles. The van der Waals surface area contributed by atoms with Gasteiger partial charge in [-0.05, 0) is 179 Å². The highest BCUT2D eigenvalue weighted by Gasteiger charge is 2.35. The van der Waals surface area contributed by atoms with Crippen LogP contribution in [0.25, 0.3) is 10.2 Å². The van der Waals surface area contributed by atoms with E-state index in [0.717, 1.165) is 69.6 Å². The first-order chi connectivity index (χ1) is 46.6. The molecule has 0 saturated heterocycles. The standard InChI is InChI=1S/C37H33F3N2O6S2.C36H34F3NO7/c1-3-33(43)47-20-6-5-19-46-28-15-13-27(14-16-28)35(45)41-30-17-11-25(23-29(30)37(38,39)40)9-10-26-12-18-31-32(24-26)50-36(42-31)49-22-8-7-21-48-34(44)4-2;1-3-33(41)46-23-7-5-21-44-29-16-11-26(12-17-29)9-10-27-13-20-32(31(25-27)36(37,38)39)40-35(43)28-14-18-30(19-15-28)45-22-6-8-24-47-34(42)4-2/h3-4,11-18,23-24H,1-2,5-8,19-22H2,(H,41,45);3-4,11-20,25H,1-2,5-8,21-24H2,(H,40,43). The maximum atomic E-state index is 14.0. The van der Waals surface area contributed by atoms with Crippen molar-refractivity contribution < 1.29 is 88.3 Å². The number of carbonyl (C=O) groups excluding carboxylic acids is 6. The van der Waals surface area contributed by atoms with E-state index in [2.05, 4.69) is 65.6 Å². The Hall–Kier alpha value is -10.6. The Bertz CT molecular complexity index is 4000. The third-order valence-corrected chi connectivity index (χ3v) is 15.4. The molecule has 0 saturated carbocycles. The number of unbranched alkanes of at least 4 members (excludes halogenated alkanes) is 4. The molecule has 0 bridgehead atoms. The zero-order valence-corrected chi connectivity index (χ0v) is 54.0. The molecular formula is C73H67F6N3O13S2. The zero-order valence-electron chi connectivity index (χ0n) is 52.4. The molecule has 0 aliphatic heterocycles. The van der Waals surface area contributed by atoms with E-state index in [1.807, 2.05) is 12.1 Å². The van der Waals surface area contributed by atoms with Gasteiger partial charge in [0, 0.05) is 63.4 Å². The van der Waals surface area contributed by atoms with Gasteiger partial charge in [-0.3, -0.25) is 9.59 Å². The Balaban J connectivity index is 0.000000307. The molecule has 24 heteroatoms. The molecule has 1 heterocycles. The summed E-state index contributed by atoms with van der Waals surface area (Å²) in [5.74, 6) is 10.3. The summed E-state index contributed by atoms with van der Waals surface area (Å²) < 4.78 is 122. The number of alkyl halides is 6. The molecule has 2 amide bonds. The minimum absolute atomic E-state index is 0.119. The van der Waals surface area contributed by atoms with Crippen molar-refractivity contribution in [1.29, 1.82) is 0 Å². The summed E-state index contributed by atoms with van der Waals surface area (Å²) in [5.41, 5.74) is -0.298. The van der Waals surface area contributed by atoms with Crippen LogP contribution < -0.4 is 24.8 Å². The summed E-state index contributed by atoms with van der Waals surface area (Å²) in [7, 11) is 0. The molecule has 0 unspecified atom stereocenters. The van der Waals surface area contributed by atoms with Crippen molar-refractivity contribution in [3.05, 3.63) is 223 Å². The normalized spacial score (nSPS) is 10.7. The number of ether oxygens (including phenoxy) is 7. The van der Waals surface area contributed by atoms with Gasteiger partial charge in [0.15, 0.2) is 4.34 Å². The first-order valence-electron chi connectivity index (χ1n) is 30.1. The number of thioether (sulfide) groups is 1. The van der Waals surface area contributed by atoms with E-state index in [0.29, 0.717) is 93.3 Å². The molecule has 0 fully saturated rings. The van der Waals surface area contributed by atoms with E-state index in [9.17, 15) is 55.1 Å². The average molecular weight is 1370 g/mol. The largest absolute Gasteiger partial charge is 0.494 e. The smallest absolute Gasteiger partial charge is 0.418 e. The highest BCUT2D eigenvalue weighted by molar-refractivity contribution is 8.01. The van der Waals surface area contributed by atoms with Crippen LogP contribution in [0.1, 0.15) is 105 Å². The molecule has 7 rings (SSSR count). The number of aromatic nitrogens is 1. The van der Waals surface area contributed by atoms with Crippen molar-refractivity contribution in [2.45, 2.75) is 68.1 Å². The number of amides is 2. The number of fused-ring (bicyclic) bond motifs is 1. The van der Waals surface area contributed by atoms with Crippen LogP contribution in [0.15, 0.2) is 182 Å². The maximum absolute atomic E-state index is 14.0. The van der Waals surface area contributed by atoms with Crippen molar-refractivity contribution >= 4 is 80.4 Å². The van der Waals surface area contributed by atoms with Gasteiger partial charge in [0.25, 0.3) is 11.8 Å². The minimum Gasteiger partial charge on any atom is -0.494 e. The molecule has 506 valence electrons. The first-order valence-corrected chi connectivity index (χ1v) is 31.9. The third-order valence-electron chi connectivity index (χ3n) is 13.1. The summed E-state index contributed by atoms with van der Waals surface area (Å²) in [6.07, 6.45) is 0.229. The minimum atomic E-state index is -4.74. The number of nitrogens with one attached hydrogen (secondary N) is 2. The average Bonchev–Trinajstić information content (AvgIpc) is 1.03. The van der Waals surface area contributed by atoms with Crippen molar-refractivity contribution in [3.63, 3.8) is 0 Å². The SMILES string of the molecule is C=CC(=O)OCCCCOc1ccc(C#Cc2ccc(NC(=O)c3ccc(OCCCCOC(=O)C=C)cc3)c(C(F)(F)F)c2)cc1.C=CC(=O)OCCCCOc1ccc(C(=O)Nc2ccc(C#Cc3ccc4nc(SCCCCOC(=O)C=C)sc4c3)cc2C(F)(F)F)cc1. The lowest BCUT2D eigenvalue weighted by Gasteiger charge is -2.14. The Kier molecular flexibility index (Phi) is 30.6. The van der Waals surface area contributed by atoms with Gasteiger partial charge in [0.2, 0.25) is 0 Å². The quantitative estimate of drug-likeness (QED) is 0.00766. The third kappa shape index (κ3) is 27.0. The van der Waals surface area contributed by atoms with Crippen LogP contribution in [0.3, 0.4) is 0 Å². The molecular weight excluding hydrogens is 1300 g/mol. The topological polar surface area (TPSA) is 204 Å². The lowest BCUT2D eigenvalue weighted by molar-refractivity contribution is -0.138. The fraction of sp³-hybridized carbons (Fsp3) is 0.247. The number of hydrogen-bond donors (Lipinski definition) is 2. The molecule has 6 aromatic carbocycles. The van der Waals surface area contributed by atoms with Gasteiger partial charge in [0.1, 0.15) is 17.2 Å². The van der Waals surface area contributed by atoms with Gasteiger partial charge < -0.3 is 43.8 Å². The predicted octanol–water partition coefficient (Wildman–Crippen LogP) is 15.6. The maximum Gasteiger partial charge on any atom is 0.418 e. The van der Waals surface area contributed by atoms with Crippen LogP contribution in [0.5, 0.6) is 17.2 Å². The molecule has 1 aromatic heterocycles. The van der Waals surface area contributed by atoms with Crippen LogP contribution in [-0.4, -0.2) is 92.7 Å². The Morgan fingerprint density at radius 2 is 0.763 bits per heavy atom. The van der Waals surface area contributed by atoms with Gasteiger partial charge in [-0.1, -0.05) is 61.8 Å². The Labute approximate surface area is 565 Å². The van der Waals surface area contributed by atoms with Crippen LogP contribution in [0.4, 0.5) is 37.7 Å². The van der Waals surface area contributed by atoms with E-state index in [1.165, 1.54) is 59.9 Å². The van der Waals surface area contributed by atoms with Crippen LogP contribution in [0, 0.1) is 23.7 Å². The van der Waals surface area contributed by atoms with Gasteiger partial charge in [-0.25, -0.2) is 24.2 Å². The second kappa shape index (κ2) is 39.3. The monoisotopic (exact) mass is 1370 g/mol. The van der Waals surface area contributed by atoms with Crippen molar-refractivity contribution in [1.82, 2.24) is 4.98 Å². The van der Waals surface area contributed by atoms with Crippen LogP contribution in [-0.2, 0) is 50.5 Å². The second-order valence-electron chi connectivity index (χ2n) is 20.4. The van der Waals surface area contributed by atoms with E-state index < -0.39 is 64.9 Å². The fourth-order valence-corrected chi connectivity index (χ4v) is 10.3. The highest BCUT2D eigenvalue weighted by atomic mass is 32.2. The Morgan fingerprint density at radius 3 is 1.14 bits per heavy atom. The van der Waals surface area contributed by atoms with E-state index in [1.54, 1.807) is 66.4 Å². The molecule has 0 radical (unpaired) electrons. The van der Waals surface area contributed by atoms with Crippen LogP contribution in [0.2, 0.25) is 0 Å². The Morgan fingerprint density at radius 1 is 0.433 bits per heavy atom. The highest BCUT2D eigenvalue weighted by Crippen LogP contribution is 2.38. The van der Waals surface area contributed by atoms with Crippen molar-refractivity contribution in [3.8, 4) is 40.9 Å². The van der Waals surface area contributed by atoms with Crippen molar-refractivity contribution in [2.75, 3.05) is 62.6 Å². The molecule has 7 aromatic rings.